The van der Waals surface area contributed by atoms with Crippen LogP contribution in [0.25, 0.3) is 0 Å². The van der Waals surface area contributed by atoms with Crippen LogP contribution in [-0.4, -0.2) is 24.8 Å². The monoisotopic (exact) mass is 221 g/mol. The van der Waals surface area contributed by atoms with Crippen molar-refractivity contribution < 1.29 is 4.74 Å². The van der Waals surface area contributed by atoms with E-state index in [-0.39, 0.29) is 0 Å². The summed E-state index contributed by atoms with van der Waals surface area (Å²) in [6.07, 6.45) is 13.0. The van der Waals surface area contributed by atoms with Crippen molar-refractivity contribution in [1.82, 2.24) is 5.32 Å². The molecular weight excluding hydrogens is 198 g/mol. The first kappa shape index (κ1) is 10.8. The van der Waals surface area contributed by atoms with E-state index in [0.29, 0.717) is 17.6 Å². The van der Waals surface area contributed by atoms with Gasteiger partial charge in [-0.2, -0.15) is 0 Å². The fourth-order valence-electron chi connectivity index (χ4n) is 3.71. The van der Waals surface area contributed by atoms with Crippen LogP contribution in [0.15, 0.2) is 12.2 Å². The lowest BCUT2D eigenvalue weighted by atomic mass is 9.51. The molecule has 2 saturated carbocycles. The second-order valence-corrected chi connectivity index (χ2v) is 5.63. The highest BCUT2D eigenvalue weighted by molar-refractivity contribution is 5.13. The van der Waals surface area contributed by atoms with Crippen LogP contribution in [0.4, 0.5) is 0 Å². The van der Waals surface area contributed by atoms with Crippen LogP contribution in [-0.2, 0) is 4.74 Å². The highest BCUT2D eigenvalue weighted by Crippen LogP contribution is 2.57. The van der Waals surface area contributed by atoms with Crippen LogP contribution in [0.5, 0.6) is 0 Å². The number of ether oxygens (including phenoxy) is 1. The van der Waals surface area contributed by atoms with E-state index in [9.17, 15) is 0 Å². The maximum absolute atomic E-state index is 5.87. The minimum Gasteiger partial charge on any atom is -0.378 e. The van der Waals surface area contributed by atoms with Crippen molar-refractivity contribution in [2.45, 2.75) is 63.6 Å². The molecule has 3 aliphatic rings. The molecule has 0 aromatic heterocycles. The fourth-order valence-corrected chi connectivity index (χ4v) is 3.71. The first-order valence-corrected chi connectivity index (χ1v) is 6.88. The van der Waals surface area contributed by atoms with Crippen molar-refractivity contribution in [3.8, 4) is 0 Å². The van der Waals surface area contributed by atoms with E-state index >= 15 is 0 Å². The summed E-state index contributed by atoms with van der Waals surface area (Å²) in [5.74, 6) is 0. The van der Waals surface area contributed by atoms with Crippen molar-refractivity contribution in [3.63, 3.8) is 0 Å². The average Bonchev–Trinajstić information content (AvgIpc) is 2.66. The van der Waals surface area contributed by atoms with Gasteiger partial charge in [-0.15, -0.1) is 0 Å². The molecule has 0 aliphatic heterocycles. The Morgan fingerprint density at radius 3 is 2.62 bits per heavy atom. The van der Waals surface area contributed by atoms with Gasteiger partial charge in [0.1, 0.15) is 0 Å². The van der Waals surface area contributed by atoms with Crippen molar-refractivity contribution in [3.05, 3.63) is 12.2 Å². The van der Waals surface area contributed by atoms with Gasteiger partial charge in [-0.05, 0) is 39.0 Å². The number of nitrogens with one attached hydrogen (secondary N) is 1. The molecule has 0 radical (unpaired) electrons. The molecule has 2 atom stereocenters. The SMILES string of the molecule is CCOC1CC(NC2CC=CC2)C12CCC2. The predicted octanol–water partition coefficient (Wildman–Crippen LogP) is 2.64. The van der Waals surface area contributed by atoms with Gasteiger partial charge in [0.2, 0.25) is 0 Å². The van der Waals surface area contributed by atoms with Crippen LogP contribution in [0.2, 0.25) is 0 Å². The summed E-state index contributed by atoms with van der Waals surface area (Å²) in [5, 5.41) is 3.85. The lowest BCUT2D eigenvalue weighted by Crippen LogP contribution is -2.68. The Morgan fingerprint density at radius 1 is 1.31 bits per heavy atom. The number of hydrogen-bond acceptors (Lipinski definition) is 2. The third kappa shape index (κ3) is 1.54. The standard InChI is InChI=1S/C14H23NO/c1-2-16-13-10-12(14(13)8-5-9-14)15-11-6-3-4-7-11/h3-4,11-13,15H,2,5-10H2,1H3. The van der Waals surface area contributed by atoms with E-state index in [1.165, 1.54) is 38.5 Å². The highest BCUT2D eigenvalue weighted by Gasteiger charge is 2.58. The molecule has 1 N–H and O–H groups in total. The topological polar surface area (TPSA) is 21.3 Å². The van der Waals surface area contributed by atoms with Gasteiger partial charge < -0.3 is 10.1 Å². The lowest BCUT2D eigenvalue weighted by Gasteiger charge is -2.61. The van der Waals surface area contributed by atoms with Gasteiger partial charge in [0, 0.05) is 24.1 Å². The Hall–Kier alpha value is -0.340. The maximum atomic E-state index is 5.87. The van der Waals surface area contributed by atoms with E-state index in [4.69, 9.17) is 4.74 Å². The highest BCUT2D eigenvalue weighted by atomic mass is 16.5. The smallest absolute Gasteiger partial charge is 0.0661 e. The molecular formula is C14H23NO. The summed E-state index contributed by atoms with van der Waals surface area (Å²) in [4.78, 5) is 0. The summed E-state index contributed by atoms with van der Waals surface area (Å²) in [6, 6.07) is 1.45. The fraction of sp³-hybridized carbons (Fsp3) is 0.857. The molecule has 0 saturated heterocycles. The van der Waals surface area contributed by atoms with Crippen LogP contribution < -0.4 is 5.32 Å². The maximum Gasteiger partial charge on any atom is 0.0661 e. The second-order valence-electron chi connectivity index (χ2n) is 5.63. The van der Waals surface area contributed by atoms with E-state index in [1.807, 2.05) is 0 Å². The molecule has 0 heterocycles. The zero-order chi connectivity index (χ0) is 11.0. The molecule has 2 heteroatoms. The molecule has 1 spiro atoms. The van der Waals surface area contributed by atoms with Crippen molar-refractivity contribution >= 4 is 0 Å². The first-order valence-electron chi connectivity index (χ1n) is 6.88. The molecule has 0 aromatic carbocycles. The molecule has 2 nitrogen and oxygen atoms in total. The van der Waals surface area contributed by atoms with E-state index in [0.717, 1.165) is 12.6 Å². The summed E-state index contributed by atoms with van der Waals surface area (Å²) >= 11 is 0. The van der Waals surface area contributed by atoms with Crippen LogP contribution in [0, 0.1) is 5.41 Å². The van der Waals surface area contributed by atoms with Gasteiger partial charge in [0.05, 0.1) is 6.10 Å². The van der Waals surface area contributed by atoms with E-state index in [1.54, 1.807) is 0 Å². The Balaban J connectivity index is 1.56. The molecule has 0 aromatic rings. The molecule has 3 aliphatic carbocycles. The largest absolute Gasteiger partial charge is 0.378 e. The molecule has 90 valence electrons. The van der Waals surface area contributed by atoms with E-state index < -0.39 is 0 Å². The number of hydrogen-bond donors (Lipinski definition) is 1. The third-order valence-electron chi connectivity index (χ3n) is 4.88. The molecule has 2 fully saturated rings. The van der Waals surface area contributed by atoms with Gasteiger partial charge in [0.25, 0.3) is 0 Å². The van der Waals surface area contributed by atoms with Gasteiger partial charge >= 0.3 is 0 Å². The van der Waals surface area contributed by atoms with Crippen LogP contribution in [0.1, 0.15) is 45.4 Å². The van der Waals surface area contributed by atoms with Gasteiger partial charge in [-0.25, -0.2) is 0 Å². The zero-order valence-electron chi connectivity index (χ0n) is 10.2. The first-order chi connectivity index (χ1) is 7.85. The molecule has 16 heavy (non-hydrogen) atoms. The summed E-state index contributed by atoms with van der Waals surface area (Å²) in [6.45, 7) is 3.00. The molecule has 3 rings (SSSR count). The van der Waals surface area contributed by atoms with Crippen molar-refractivity contribution in [1.29, 1.82) is 0 Å². The van der Waals surface area contributed by atoms with Gasteiger partial charge in [-0.3, -0.25) is 0 Å². The average molecular weight is 221 g/mol. The number of rotatable bonds is 4. The molecule has 0 bridgehead atoms. The Labute approximate surface area is 98.4 Å². The van der Waals surface area contributed by atoms with E-state index in [2.05, 4.69) is 24.4 Å². The molecule has 2 unspecified atom stereocenters. The second kappa shape index (κ2) is 4.15. The third-order valence-corrected chi connectivity index (χ3v) is 4.88. The Morgan fingerprint density at radius 2 is 2.06 bits per heavy atom. The summed E-state index contributed by atoms with van der Waals surface area (Å²) in [7, 11) is 0. The predicted molar refractivity (Wildman–Crippen MR) is 65.4 cm³/mol. The minimum absolute atomic E-state index is 0.526. The zero-order valence-corrected chi connectivity index (χ0v) is 10.2. The summed E-state index contributed by atoms with van der Waals surface area (Å²) in [5.41, 5.74) is 0.526. The molecule has 0 amide bonds. The minimum atomic E-state index is 0.526. The van der Waals surface area contributed by atoms with Crippen LogP contribution in [0.3, 0.4) is 0 Å². The summed E-state index contributed by atoms with van der Waals surface area (Å²) < 4.78 is 5.87. The van der Waals surface area contributed by atoms with Gasteiger partial charge in [-0.1, -0.05) is 18.6 Å². The van der Waals surface area contributed by atoms with Crippen LogP contribution >= 0.6 is 0 Å². The normalized spacial score (nSPS) is 36.3. The quantitative estimate of drug-likeness (QED) is 0.737. The Bertz CT molecular complexity index is 274. The Kier molecular flexibility index (Phi) is 2.80. The van der Waals surface area contributed by atoms with Crippen molar-refractivity contribution in [2.75, 3.05) is 6.61 Å². The van der Waals surface area contributed by atoms with Crippen molar-refractivity contribution in [2.24, 2.45) is 5.41 Å². The van der Waals surface area contributed by atoms with Gasteiger partial charge in [0.15, 0.2) is 0 Å². The lowest BCUT2D eigenvalue weighted by molar-refractivity contribution is -0.174.